The third kappa shape index (κ3) is 3.62. The van der Waals surface area contributed by atoms with E-state index >= 15 is 0 Å². The minimum Gasteiger partial charge on any atom is -0.497 e. The van der Waals surface area contributed by atoms with E-state index in [1.165, 1.54) is 10.1 Å². The summed E-state index contributed by atoms with van der Waals surface area (Å²) in [4.78, 5) is 13.0. The number of aryl methyl sites for hydroxylation is 3. The molecule has 0 bridgehead atoms. The maximum absolute atomic E-state index is 13.0. The second-order valence-electron chi connectivity index (χ2n) is 7.66. The molecule has 2 aromatic heterocycles. The molecule has 0 amide bonds. The highest BCUT2D eigenvalue weighted by atomic mass is 16.5. The molecule has 0 fully saturated rings. The number of methoxy groups -OCH3 is 1. The smallest absolute Gasteiger partial charge is 0.276 e. The fraction of sp³-hybridized carbons (Fsp3) is 0.250. The van der Waals surface area contributed by atoms with Crippen molar-refractivity contribution in [1.29, 1.82) is 0 Å². The molecule has 2 aromatic carbocycles. The van der Waals surface area contributed by atoms with Crippen molar-refractivity contribution in [3.63, 3.8) is 0 Å². The molecule has 6 nitrogen and oxygen atoms in total. The van der Waals surface area contributed by atoms with E-state index < -0.39 is 6.10 Å². The number of hydrogen-bond donors (Lipinski definition) is 1. The summed E-state index contributed by atoms with van der Waals surface area (Å²) in [5.74, 6) is 0.730. The van der Waals surface area contributed by atoms with Gasteiger partial charge >= 0.3 is 0 Å². The Labute approximate surface area is 175 Å². The quantitative estimate of drug-likeness (QED) is 0.550. The average molecular weight is 403 g/mol. The Kier molecular flexibility index (Phi) is 5.18. The molecule has 6 heteroatoms. The molecule has 4 aromatic rings. The third-order valence-corrected chi connectivity index (χ3v) is 5.58. The summed E-state index contributed by atoms with van der Waals surface area (Å²) in [6.07, 6.45) is 2.63. The van der Waals surface area contributed by atoms with Crippen molar-refractivity contribution in [2.24, 2.45) is 0 Å². The van der Waals surface area contributed by atoms with Gasteiger partial charge in [-0.2, -0.15) is 5.10 Å². The monoisotopic (exact) mass is 403 g/mol. The highest BCUT2D eigenvalue weighted by Gasteiger charge is 2.15. The Morgan fingerprint density at radius 2 is 1.80 bits per heavy atom. The molecule has 0 saturated carbocycles. The van der Waals surface area contributed by atoms with E-state index in [4.69, 9.17) is 4.74 Å². The van der Waals surface area contributed by atoms with Gasteiger partial charge in [-0.25, -0.2) is 4.52 Å². The zero-order chi connectivity index (χ0) is 21.4. The minimum atomic E-state index is -0.773. The first-order valence-corrected chi connectivity index (χ1v) is 9.86. The van der Waals surface area contributed by atoms with Crippen LogP contribution in [0, 0.1) is 20.8 Å². The summed E-state index contributed by atoms with van der Waals surface area (Å²) in [6.45, 7) is 6.23. The zero-order valence-corrected chi connectivity index (χ0v) is 17.6. The van der Waals surface area contributed by atoms with Crippen molar-refractivity contribution >= 4 is 5.52 Å². The Morgan fingerprint density at radius 1 is 1.03 bits per heavy atom. The summed E-state index contributed by atoms with van der Waals surface area (Å²) in [6, 6.07) is 13.4. The number of aromatic nitrogens is 3. The third-order valence-electron chi connectivity index (χ3n) is 5.58. The van der Waals surface area contributed by atoms with Crippen LogP contribution in [0.25, 0.3) is 16.8 Å². The van der Waals surface area contributed by atoms with Crippen molar-refractivity contribution in [2.45, 2.75) is 33.4 Å². The van der Waals surface area contributed by atoms with Crippen molar-refractivity contribution in [3.05, 3.63) is 87.5 Å². The number of hydrogen-bond acceptors (Lipinski definition) is 4. The van der Waals surface area contributed by atoms with E-state index in [0.29, 0.717) is 11.2 Å². The first kappa shape index (κ1) is 19.9. The summed E-state index contributed by atoms with van der Waals surface area (Å²) in [7, 11) is 1.62. The first-order chi connectivity index (χ1) is 14.4. The molecule has 154 valence electrons. The lowest BCUT2D eigenvalue weighted by molar-refractivity contribution is 0.154. The second kappa shape index (κ2) is 7.80. The highest BCUT2D eigenvalue weighted by Crippen LogP contribution is 2.24. The average Bonchev–Trinajstić information content (AvgIpc) is 3.18. The predicted octanol–water partition coefficient (Wildman–Crippen LogP) is 3.83. The predicted molar refractivity (Wildman–Crippen MR) is 117 cm³/mol. The van der Waals surface area contributed by atoms with Crippen molar-refractivity contribution in [3.8, 4) is 17.0 Å². The molecule has 30 heavy (non-hydrogen) atoms. The minimum absolute atomic E-state index is 0.179. The molecular formula is C24H25N3O3. The number of nitrogens with zero attached hydrogens (tertiary/aromatic N) is 3. The summed E-state index contributed by atoms with van der Waals surface area (Å²) in [5.41, 5.74) is 5.99. The first-order valence-electron chi connectivity index (χ1n) is 9.86. The van der Waals surface area contributed by atoms with Crippen molar-refractivity contribution in [1.82, 2.24) is 14.2 Å². The molecule has 0 unspecified atom stereocenters. The van der Waals surface area contributed by atoms with Gasteiger partial charge in [-0.1, -0.05) is 24.3 Å². The van der Waals surface area contributed by atoms with Crippen LogP contribution in [0.2, 0.25) is 0 Å². The van der Waals surface area contributed by atoms with Gasteiger partial charge in [0.1, 0.15) is 11.3 Å². The van der Waals surface area contributed by atoms with Gasteiger partial charge in [0, 0.05) is 18.0 Å². The second-order valence-corrected chi connectivity index (χ2v) is 7.66. The normalized spacial score (nSPS) is 12.3. The van der Waals surface area contributed by atoms with E-state index in [2.05, 4.69) is 18.1 Å². The molecule has 1 N–H and O–H groups in total. The molecule has 0 aliphatic carbocycles. The summed E-state index contributed by atoms with van der Waals surface area (Å²) < 4.78 is 8.38. The van der Waals surface area contributed by atoms with Gasteiger partial charge in [0.25, 0.3) is 5.56 Å². The van der Waals surface area contributed by atoms with Crippen LogP contribution >= 0.6 is 0 Å². The molecular weight excluding hydrogens is 378 g/mol. The van der Waals surface area contributed by atoms with Crippen LogP contribution in [-0.2, 0) is 6.54 Å². The van der Waals surface area contributed by atoms with Crippen LogP contribution in [0.3, 0.4) is 0 Å². The van der Waals surface area contributed by atoms with E-state index in [1.807, 2.05) is 44.2 Å². The zero-order valence-electron chi connectivity index (χ0n) is 17.6. The Morgan fingerprint density at radius 3 is 2.57 bits per heavy atom. The van der Waals surface area contributed by atoms with Crippen LogP contribution in [0.5, 0.6) is 5.75 Å². The van der Waals surface area contributed by atoms with E-state index in [9.17, 15) is 9.90 Å². The number of rotatable bonds is 5. The van der Waals surface area contributed by atoms with Crippen molar-refractivity contribution < 1.29 is 9.84 Å². The fourth-order valence-electron chi connectivity index (χ4n) is 3.72. The van der Waals surface area contributed by atoms with Crippen LogP contribution in [-0.4, -0.2) is 26.4 Å². The molecule has 0 aliphatic heterocycles. The molecule has 2 heterocycles. The van der Waals surface area contributed by atoms with Gasteiger partial charge in [-0.3, -0.25) is 4.79 Å². The molecule has 4 rings (SSSR count). The number of benzene rings is 2. The Hall–Kier alpha value is -3.38. The molecule has 0 saturated heterocycles. The SMILES string of the molecule is COc1cccc(-c2cc3c(=O)n(C[C@H](O)c4cc(C)c(C)cc4C)ccn3n2)c1. The van der Waals surface area contributed by atoms with Crippen LogP contribution in [0.1, 0.15) is 28.4 Å². The topological polar surface area (TPSA) is 68.8 Å². The molecule has 1 atom stereocenters. The number of aliphatic hydroxyl groups excluding tert-OH is 1. The van der Waals surface area contributed by atoms with Gasteiger partial charge in [0.15, 0.2) is 0 Å². The lowest BCUT2D eigenvalue weighted by Gasteiger charge is -2.17. The standard InChI is InChI=1S/C24H25N3O3/c1-15-10-17(3)20(11-16(15)2)23(28)14-26-8-9-27-22(24(26)29)13-21(25-27)18-6-5-7-19(12-18)30-4/h5-13,23,28H,14H2,1-4H3/t23-/m0/s1. The van der Waals surface area contributed by atoms with Crippen molar-refractivity contribution in [2.75, 3.05) is 7.11 Å². The lowest BCUT2D eigenvalue weighted by atomic mass is 9.97. The van der Waals surface area contributed by atoms with Gasteiger partial charge in [-0.15, -0.1) is 0 Å². The highest BCUT2D eigenvalue weighted by molar-refractivity contribution is 5.66. The van der Waals surface area contributed by atoms with E-state index in [1.54, 1.807) is 30.1 Å². The number of aliphatic hydroxyl groups is 1. The number of ether oxygens (including phenoxy) is 1. The number of fused-ring (bicyclic) bond motifs is 1. The summed E-state index contributed by atoms with van der Waals surface area (Å²) in [5, 5.41) is 15.3. The van der Waals surface area contributed by atoms with Crippen LogP contribution < -0.4 is 10.3 Å². The van der Waals surface area contributed by atoms with Gasteiger partial charge in [0.2, 0.25) is 0 Å². The Balaban J connectivity index is 1.68. The Bertz CT molecular complexity index is 1290. The van der Waals surface area contributed by atoms with E-state index in [0.717, 1.165) is 28.0 Å². The van der Waals surface area contributed by atoms with Gasteiger partial charge in [-0.05, 0) is 61.2 Å². The largest absolute Gasteiger partial charge is 0.497 e. The van der Waals surface area contributed by atoms with Gasteiger partial charge in [0.05, 0.1) is 25.5 Å². The van der Waals surface area contributed by atoms with Crippen LogP contribution in [0.4, 0.5) is 0 Å². The summed E-state index contributed by atoms with van der Waals surface area (Å²) >= 11 is 0. The van der Waals surface area contributed by atoms with Gasteiger partial charge < -0.3 is 14.4 Å². The maximum atomic E-state index is 13.0. The lowest BCUT2D eigenvalue weighted by Crippen LogP contribution is -2.24. The van der Waals surface area contributed by atoms with E-state index in [-0.39, 0.29) is 12.1 Å². The maximum Gasteiger partial charge on any atom is 0.276 e. The fourth-order valence-corrected chi connectivity index (χ4v) is 3.72. The molecule has 0 aliphatic rings. The van der Waals surface area contributed by atoms with Crippen LogP contribution in [0.15, 0.2) is 59.7 Å². The molecule has 0 spiro atoms. The molecule has 0 radical (unpaired) electrons.